The first kappa shape index (κ1) is 33.2. The van der Waals surface area contributed by atoms with Crippen LogP contribution in [0, 0.1) is 0 Å². The van der Waals surface area contributed by atoms with Gasteiger partial charge < -0.3 is 0 Å². The minimum atomic E-state index is -2.68. The summed E-state index contributed by atoms with van der Waals surface area (Å²) in [7, 11) is -2.68. The molecule has 1 aliphatic rings. The number of fused-ring (bicyclic) bond motifs is 5. The van der Waals surface area contributed by atoms with Crippen LogP contribution in [0.2, 0.25) is 0 Å². The molecule has 0 atom stereocenters. The standard InChI is InChI=1S/C55H37NSi/c1-5-20-38(21-6-1)40-36-49(39-22-7-2-8-23-39)56-50(37-40)54-45-30-15-13-28-43(45)53(44-29-14-16-31-46(44)54)48-33-19-35-52-55(48)47-32-17-18-34-51(47)57(52,41-24-9-3-10-25-41)42-26-11-4-12-27-42/h1-37H. The van der Waals surface area contributed by atoms with E-state index in [0.717, 1.165) is 28.1 Å². The molecule has 57 heavy (non-hydrogen) atoms. The molecule has 1 aliphatic heterocycles. The Morgan fingerprint density at radius 1 is 0.281 bits per heavy atom. The molecule has 1 aromatic heterocycles. The van der Waals surface area contributed by atoms with E-state index in [1.54, 1.807) is 0 Å². The van der Waals surface area contributed by atoms with Gasteiger partial charge in [0.15, 0.2) is 8.07 Å². The Bertz CT molecular complexity index is 2950. The van der Waals surface area contributed by atoms with Crippen molar-refractivity contribution >= 4 is 50.4 Å². The summed E-state index contributed by atoms with van der Waals surface area (Å²) in [6.07, 6.45) is 0. The van der Waals surface area contributed by atoms with Crippen LogP contribution < -0.4 is 20.7 Å². The van der Waals surface area contributed by atoms with E-state index in [1.807, 2.05) is 0 Å². The Labute approximate surface area is 334 Å². The molecule has 0 aliphatic carbocycles. The summed E-state index contributed by atoms with van der Waals surface area (Å²) < 4.78 is 0. The summed E-state index contributed by atoms with van der Waals surface area (Å²) in [6, 6.07) is 82.6. The van der Waals surface area contributed by atoms with E-state index in [4.69, 9.17) is 4.98 Å². The number of hydrogen-bond donors (Lipinski definition) is 0. The number of hydrogen-bond acceptors (Lipinski definition) is 1. The molecule has 0 radical (unpaired) electrons. The number of benzene rings is 9. The van der Waals surface area contributed by atoms with Crippen molar-refractivity contribution in [2.45, 2.75) is 0 Å². The predicted octanol–water partition coefficient (Wildman–Crippen LogP) is 11.4. The average molecular weight is 740 g/mol. The lowest BCUT2D eigenvalue weighted by atomic mass is 9.84. The molecule has 0 N–H and O–H groups in total. The Kier molecular flexibility index (Phi) is 7.90. The van der Waals surface area contributed by atoms with Gasteiger partial charge in [-0.1, -0.05) is 212 Å². The summed E-state index contributed by atoms with van der Waals surface area (Å²) in [4.78, 5) is 5.48. The molecular formula is C55H37NSi. The molecule has 0 fully saturated rings. The van der Waals surface area contributed by atoms with Gasteiger partial charge in [0.2, 0.25) is 0 Å². The van der Waals surface area contributed by atoms with Crippen molar-refractivity contribution in [3.63, 3.8) is 0 Å². The maximum atomic E-state index is 5.48. The second-order valence-electron chi connectivity index (χ2n) is 15.0. The van der Waals surface area contributed by atoms with Crippen LogP contribution in [0.4, 0.5) is 0 Å². The second kappa shape index (κ2) is 13.6. The van der Waals surface area contributed by atoms with Crippen LogP contribution in [0.15, 0.2) is 224 Å². The van der Waals surface area contributed by atoms with Gasteiger partial charge in [0.25, 0.3) is 0 Å². The molecule has 0 saturated heterocycles. The van der Waals surface area contributed by atoms with Gasteiger partial charge >= 0.3 is 0 Å². The molecule has 10 aromatic rings. The molecule has 0 saturated carbocycles. The van der Waals surface area contributed by atoms with Gasteiger partial charge in [-0.3, -0.25) is 0 Å². The lowest BCUT2D eigenvalue weighted by Crippen LogP contribution is -2.72. The van der Waals surface area contributed by atoms with Crippen LogP contribution in [0.25, 0.3) is 77.4 Å². The second-order valence-corrected chi connectivity index (χ2v) is 18.7. The zero-order valence-electron chi connectivity index (χ0n) is 31.3. The number of pyridine rings is 1. The number of nitrogens with zero attached hydrogens (tertiary/aromatic N) is 1. The third kappa shape index (κ3) is 5.19. The van der Waals surface area contributed by atoms with Crippen LogP contribution in [-0.4, -0.2) is 13.1 Å². The van der Waals surface area contributed by atoms with Gasteiger partial charge in [-0.2, -0.15) is 0 Å². The normalized spacial score (nSPS) is 12.7. The zero-order valence-corrected chi connectivity index (χ0v) is 32.3. The fraction of sp³-hybridized carbons (Fsp3) is 0. The fourth-order valence-electron chi connectivity index (χ4n) is 9.61. The molecule has 2 heterocycles. The molecule has 0 amide bonds. The average Bonchev–Trinajstić information content (AvgIpc) is 3.60. The first-order valence-corrected chi connectivity index (χ1v) is 21.7. The summed E-state index contributed by atoms with van der Waals surface area (Å²) in [5.74, 6) is 0. The molecule has 266 valence electrons. The number of aromatic nitrogens is 1. The third-order valence-corrected chi connectivity index (χ3v) is 16.8. The fourth-order valence-corrected chi connectivity index (χ4v) is 14.8. The van der Waals surface area contributed by atoms with E-state index in [2.05, 4.69) is 224 Å². The molecular weight excluding hydrogens is 703 g/mol. The Morgan fingerprint density at radius 3 is 1.32 bits per heavy atom. The van der Waals surface area contributed by atoms with E-state index in [1.165, 1.54) is 70.1 Å². The molecule has 0 bridgehead atoms. The molecule has 11 rings (SSSR count). The van der Waals surface area contributed by atoms with E-state index in [-0.39, 0.29) is 0 Å². The van der Waals surface area contributed by atoms with Gasteiger partial charge in [0.1, 0.15) is 0 Å². The van der Waals surface area contributed by atoms with Crippen LogP contribution in [0.5, 0.6) is 0 Å². The zero-order chi connectivity index (χ0) is 37.8. The Hall–Kier alpha value is -7.13. The van der Waals surface area contributed by atoms with Crippen molar-refractivity contribution in [3.05, 3.63) is 224 Å². The molecule has 2 heteroatoms. The maximum absolute atomic E-state index is 5.48. The summed E-state index contributed by atoms with van der Waals surface area (Å²) in [5, 5.41) is 10.5. The highest BCUT2D eigenvalue weighted by Gasteiger charge is 2.49. The first-order chi connectivity index (χ1) is 28.3. The van der Waals surface area contributed by atoms with E-state index >= 15 is 0 Å². The number of rotatable bonds is 6. The van der Waals surface area contributed by atoms with Crippen molar-refractivity contribution in [3.8, 4) is 55.9 Å². The van der Waals surface area contributed by atoms with Crippen LogP contribution in [-0.2, 0) is 0 Å². The van der Waals surface area contributed by atoms with E-state index in [0.29, 0.717) is 0 Å². The van der Waals surface area contributed by atoms with E-state index in [9.17, 15) is 0 Å². The monoisotopic (exact) mass is 739 g/mol. The van der Waals surface area contributed by atoms with Gasteiger partial charge in [-0.15, -0.1) is 0 Å². The minimum Gasteiger partial charge on any atom is -0.248 e. The Balaban J connectivity index is 1.24. The molecule has 1 nitrogen and oxygen atoms in total. The van der Waals surface area contributed by atoms with E-state index < -0.39 is 8.07 Å². The lowest BCUT2D eigenvalue weighted by Gasteiger charge is -2.31. The minimum absolute atomic E-state index is 0.963. The van der Waals surface area contributed by atoms with Gasteiger partial charge in [-0.05, 0) is 87.8 Å². The predicted molar refractivity (Wildman–Crippen MR) is 244 cm³/mol. The van der Waals surface area contributed by atoms with Gasteiger partial charge in [0.05, 0.1) is 11.4 Å². The van der Waals surface area contributed by atoms with Gasteiger partial charge in [-0.25, -0.2) is 4.98 Å². The van der Waals surface area contributed by atoms with Crippen molar-refractivity contribution < 1.29 is 0 Å². The van der Waals surface area contributed by atoms with Crippen LogP contribution >= 0.6 is 0 Å². The molecule has 0 unspecified atom stereocenters. The molecule has 0 spiro atoms. The summed E-state index contributed by atoms with van der Waals surface area (Å²) in [6.45, 7) is 0. The van der Waals surface area contributed by atoms with Crippen LogP contribution in [0.3, 0.4) is 0 Å². The third-order valence-electron chi connectivity index (χ3n) is 11.9. The highest BCUT2D eigenvalue weighted by Crippen LogP contribution is 2.47. The quantitative estimate of drug-likeness (QED) is 0.122. The largest absolute Gasteiger partial charge is 0.248 e. The molecule has 9 aromatic carbocycles. The Morgan fingerprint density at radius 2 is 0.719 bits per heavy atom. The smallest absolute Gasteiger partial charge is 0.180 e. The lowest BCUT2D eigenvalue weighted by molar-refractivity contribution is 1.33. The highest BCUT2D eigenvalue weighted by molar-refractivity contribution is 7.22. The SMILES string of the molecule is c1ccc(-c2cc(-c3ccccc3)nc(-c3c4ccccc4c(-c4cccc5c4-c4ccccc4[Si]5(c4ccccc4)c4ccccc4)c4ccccc34)c2)cc1. The first-order valence-electron chi connectivity index (χ1n) is 19.7. The van der Waals surface area contributed by atoms with Crippen molar-refractivity contribution in [2.24, 2.45) is 0 Å². The van der Waals surface area contributed by atoms with Crippen molar-refractivity contribution in [2.75, 3.05) is 0 Å². The topological polar surface area (TPSA) is 12.9 Å². The van der Waals surface area contributed by atoms with Crippen molar-refractivity contribution in [1.82, 2.24) is 4.98 Å². The van der Waals surface area contributed by atoms with Crippen LogP contribution in [0.1, 0.15) is 0 Å². The highest BCUT2D eigenvalue weighted by atomic mass is 28.3. The van der Waals surface area contributed by atoms with Crippen molar-refractivity contribution in [1.29, 1.82) is 0 Å². The summed E-state index contributed by atoms with van der Waals surface area (Å²) >= 11 is 0. The van der Waals surface area contributed by atoms with Gasteiger partial charge in [0, 0.05) is 11.1 Å². The maximum Gasteiger partial charge on any atom is 0.180 e. The summed E-state index contributed by atoms with van der Waals surface area (Å²) in [5.41, 5.74) is 11.7.